The standard InChI is InChI=1S/C14H24OS/c1-10-11(2)16-14(15-10)12(3,4)8-7-9-13(14,5)6/h7-9H2,1-6H3. The van der Waals surface area contributed by atoms with E-state index in [1.165, 1.54) is 24.2 Å². The first kappa shape index (κ1) is 12.3. The number of hydrogen-bond donors (Lipinski definition) is 0. The first-order valence-corrected chi connectivity index (χ1v) is 7.09. The van der Waals surface area contributed by atoms with E-state index in [4.69, 9.17) is 4.74 Å². The maximum Gasteiger partial charge on any atom is 0.168 e. The van der Waals surface area contributed by atoms with Crippen LogP contribution >= 0.6 is 11.8 Å². The second kappa shape index (κ2) is 3.44. The van der Waals surface area contributed by atoms with E-state index in [0.717, 1.165) is 5.76 Å². The van der Waals surface area contributed by atoms with Gasteiger partial charge in [0.2, 0.25) is 0 Å². The highest BCUT2D eigenvalue weighted by Crippen LogP contribution is 2.66. The first-order valence-electron chi connectivity index (χ1n) is 6.27. The van der Waals surface area contributed by atoms with Gasteiger partial charge < -0.3 is 4.74 Å². The SMILES string of the molecule is CC1=C(C)SC2(O1)C(C)(C)CCCC2(C)C. The molecule has 16 heavy (non-hydrogen) atoms. The Kier molecular flexibility index (Phi) is 2.66. The fraction of sp³-hybridized carbons (Fsp3) is 0.857. The molecule has 1 nitrogen and oxygen atoms in total. The van der Waals surface area contributed by atoms with Crippen LogP contribution in [0.2, 0.25) is 0 Å². The summed E-state index contributed by atoms with van der Waals surface area (Å²) in [5.74, 6) is 1.13. The van der Waals surface area contributed by atoms with Gasteiger partial charge in [-0.15, -0.1) is 0 Å². The van der Waals surface area contributed by atoms with Gasteiger partial charge in [-0.05, 0) is 26.7 Å². The van der Waals surface area contributed by atoms with Crippen molar-refractivity contribution < 1.29 is 4.74 Å². The molecule has 0 aromatic carbocycles. The van der Waals surface area contributed by atoms with Gasteiger partial charge >= 0.3 is 0 Å². The molecule has 1 saturated carbocycles. The zero-order valence-corrected chi connectivity index (χ0v) is 12.3. The van der Waals surface area contributed by atoms with E-state index in [0.29, 0.717) is 0 Å². The zero-order valence-electron chi connectivity index (χ0n) is 11.4. The molecule has 0 unspecified atom stereocenters. The van der Waals surface area contributed by atoms with Gasteiger partial charge in [-0.25, -0.2) is 0 Å². The minimum atomic E-state index is -0.0492. The summed E-state index contributed by atoms with van der Waals surface area (Å²) in [6, 6.07) is 0. The Bertz CT molecular complexity index is 307. The fourth-order valence-electron chi connectivity index (χ4n) is 3.37. The van der Waals surface area contributed by atoms with Crippen LogP contribution in [0.25, 0.3) is 0 Å². The van der Waals surface area contributed by atoms with E-state index in [9.17, 15) is 0 Å². The lowest BCUT2D eigenvalue weighted by atomic mass is 9.62. The molecule has 2 rings (SSSR count). The summed E-state index contributed by atoms with van der Waals surface area (Å²) in [5.41, 5.74) is 0.497. The Morgan fingerprint density at radius 1 is 1.00 bits per heavy atom. The normalized spacial score (nSPS) is 30.6. The van der Waals surface area contributed by atoms with E-state index in [1.807, 2.05) is 11.8 Å². The van der Waals surface area contributed by atoms with Crippen molar-refractivity contribution >= 4 is 11.8 Å². The molecule has 1 fully saturated rings. The van der Waals surface area contributed by atoms with Gasteiger partial charge in [0.05, 0.1) is 0 Å². The van der Waals surface area contributed by atoms with Crippen molar-refractivity contribution in [3.05, 3.63) is 10.7 Å². The van der Waals surface area contributed by atoms with E-state index in [2.05, 4.69) is 41.5 Å². The Morgan fingerprint density at radius 3 is 1.88 bits per heavy atom. The second-order valence-electron chi connectivity index (χ2n) is 6.55. The molecule has 0 N–H and O–H groups in total. The summed E-state index contributed by atoms with van der Waals surface area (Å²) in [6.45, 7) is 13.8. The number of hydrogen-bond acceptors (Lipinski definition) is 2. The molecule has 0 aromatic rings. The van der Waals surface area contributed by atoms with Crippen molar-refractivity contribution in [2.75, 3.05) is 0 Å². The lowest BCUT2D eigenvalue weighted by Crippen LogP contribution is -2.55. The highest BCUT2D eigenvalue weighted by molar-refractivity contribution is 8.04. The zero-order chi connectivity index (χ0) is 12.2. The van der Waals surface area contributed by atoms with Crippen LogP contribution in [0, 0.1) is 10.8 Å². The molecule has 92 valence electrons. The van der Waals surface area contributed by atoms with Gasteiger partial charge in [-0.3, -0.25) is 0 Å². The van der Waals surface area contributed by atoms with Crippen molar-refractivity contribution in [3.8, 4) is 0 Å². The lowest BCUT2D eigenvalue weighted by Gasteiger charge is -2.56. The summed E-state index contributed by atoms with van der Waals surface area (Å²) < 4.78 is 6.38. The molecule has 0 amide bonds. The summed E-state index contributed by atoms with van der Waals surface area (Å²) in [7, 11) is 0. The van der Waals surface area contributed by atoms with Crippen LogP contribution < -0.4 is 0 Å². The highest BCUT2D eigenvalue weighted by atomic mass is 32.2. The highest BCUT2D eigenvalue weighted by Gasteiger charge is 2.62. The third kappa shape index (κ3) is 1.45. The van der Waals surface area contributed by atoms with Crippen molar-refractivity contribution in [1.82, 2.24) is 0 Å². The van der Waals surface area contributed by atoms with E-state index in [1.54, 1.807) is 0 Å². The predicted molar refractivity (Wildman–Crippen MR) is 71.2 cm³/mol. The third-order valence-corrected chi connectivity index (χ3v) is 6.54. The van der Waals surface area contributed by atoms with Crippen molar-refractivity contribution in [2.24, 2.45) is 10.8 Å². The van der Waals surface area contributed by atoms with Crippen LogP contribution in [-0.4, -0.2) is 4.93 Å². The molecule has 2 heteroatoms. The molecule has 1 spiro atoms. The van der Waals surface area contributed by atoms with Gasteiger partial charge in [0.1, 0.15) is 5.76 Å². The summed E-state index contributed by atoms with van der Waals surface area (Å²) >= 11 is 1.97. The lowest BCUT2D eigenvalue weighted by molar-refractivity contribution is -0.117. The van der Waals surface area contributed by atoms with Crippen LogP contribution in [0.1, 0.15) is 60.8 Å². The quantitative estimate of drug-likeness (QED) is 0.593. The molecule has 0 bridgehead atoms. The van der Waals surface area contributed by atoms with Gasteiger partial charge in [0.15, 0.2) is 4.93 Å². The smallest absolute Gasteiger partial charge is 0.168 e. The van der Waals surface area contributed by atoms with Crippen LogP contribution in [0.15, 0.2) is 10.7 Å². The molecular formula is C14H24OS. The summed E-state index contributed by atoms with van der Waals surface area (Å²) in [5, 5.41) is 0. The van der Waals surface area contributed by atoms with Gasteiger partial charge in [0, 0.05) is 15.7 Å². The largest absolute Gasteiger partial charge is 0.479 e. The third-order valence-electron chi connectivity index (χ3n) is 4.47. The molecule has 2 aliphatic rings. The summed E-state index contributed by atoms with van der Waals surface area (Å²) in [4.78, 5) is 1.31. The van der Waals surface area contributed by atoms with E-state index in [-0.39, 0.29) is 15.8 Å². The van der Waals surface area contributed by atoms with Crippen molar-refractivity contribution in [2.45, 2.75) is 65.7 Å². The Balaban J connectivity index is 2.43. The van der Waals surface area contributed by atoms with E-state index >= 15 is 0 Å². The van der Waals surface area contributed by atoms with Gasteiger partial charge in [0.25, 0.3) is 0 Å². The molecular weight excluding hydrogens is 216 g/mol. The molecule has 1 aliphatic carbocycles. The van der Waals surface area contributed by atoms with Crippen molar-refractivity contribution in [3.63, 3.8) is 0 Å². The van der Waals surface area contributed by atoms with E-state index < -0.39 is 0 Å². The number of rotatable bonds is 0. The topological polar surface area (TPSA) is 9.23 Å². The Morgan fingerprint density at radius 2 is 1.50 bits per heavy atom. The molecule has 0 saturated heterocycles. The maximum atomic E-state index is 6.38. The predicted octanol–water partition coefficient (Wildman–Crippen LogP) is 4.93. The van der Waals surface area contributed by atoms with Gasteiger partial charge in [-0.2, -0.15) is 0 Å². The fourth-order valence-corrected chi connectivity index (χ4v) is 4.91. The van der Waals surface area contributed by atoms with Crippen LogP contribution in [0.5, 0.6) is 0 Å². The first-order chi connectivity index (χ1) is 7.22. The van der Waals surface area contributed by atoms with Crippen molar-refractivity contribution in [1.29, 1.82) is 0 Å². The average Bonchev–Trinajstić information content (AvgIpc) is 2.42. The number of allylic oxidation sites excluding steroid dienone is 2. The minimum Gasteiger partial charge on any atom is -0.479 e. The maximum absolute atomic E-state index is 6.38. The molecule has 0 radical (unpaired) electrons. The Hall–Kier alpha value is -0.110. The molecule has 1 aliphatic heterocycles. The van der Waals surface area contributed by atoms with Gasteiger partial charge in [-0.1, -0.05) is 45.9 Å². The molecule has 0 aromatic heterocycles. The minimum absolute atomic E-state index is 0.0492. The average molecular weight is 240 g/mol. The van der Waals surface area contributed by atoms with Crippen LogP contribution in [0.4, 0.5) is 0 Å². The monoisotopic (exact) mass is 240 g/mol. The Labute approximate surface area is 104 Å². The molecule has 1 heterocycles. The van der Waals surface area contributed by atoms with Crippen LogP contribution in [-0.2, 0) is 4.74 Å². The molecule has 0 atom stereocenters. The number of ether oxygens (including phenoxy) is 1. The van der Waals surface area contributed by atoms with Crippen LogP contribution in [0.3, 0.4) is 0 Å². The number of thioether (sulfide) groups is 1. The summed E-state index contributed by atoms with van der Waals surface area (Å²) in [6.07, 6.45) is 3.86. The second-order valence-corrected chi connectivity index (χ2v) is 7.95.